The summed E-state index contributed by atoms with van der Waals surface area (Å²) in [5, 5.41) is 10.8. The zero-order valence-electron chi connectivity index (χ0n) is 19.3. The van der Waals surface area contributed by atoms with Crippen LogP contribution in [0.4, 0.5) is 5.69 Å². The maximum Gasteiger partial charge on any atom is 0.224 e. The van der Waals surface area contributed by atoms with Gasteiger partial charge < -0.3 is 15.5 Å². The topological polar surface area (TPSA) is 61.4 Å². The largest absolute Gasteiger partial charge is 0.370 e. The Balaban J connectivity index is 1.41. The maximum atomic E-state index is 12.5. The van der Waals surface area contributed by atoms with Gasteiger partial charge in [0.1, 0.15) is 5.78 Å². The van der Waals surface area contributed by atoms with Gasteiger partial charge in [0.2, 0.25) is 5.91 Å². The van der Waals surface area contributed by atoms with Crippen LogP contribution in [0.5, 0.6) is 0 Å². The van der Waals surface area contributed by atoms with Gasteiger partial charge in [-0.05, 0) is 53.3 Å². The molecule has 0 bridgehead atoms. The van der Waals surface area contributed by atoms with Gasteiger partial charge in [0.15, 0.2) is 0 Å². The summed E-state index contributed by atoms with van der Waals surface area (Å²) < 4.78 is 0. The molecule has 0 aliphatic carbocycles. The van der Waals surface area contributed by atoms with Crippen LogP contribution in [0.3, 0.4) is 0 Å². The Bertz CT molecular complexity index is 837. The first-order valence-corrected chi connectivity index (χ1v) is 13.0. The van der Waals surface area contributed by atoms with Crippen LogP contribution in [0, 0.1) is 0 Å². The van der Waals surface area contributed by atoms with Crippen molar-refractivity contribution in [2.75, 3.05) is 31.1 Å². The van der Waals surface area contributed by atoms with Gasteiger partial charge in [0, 0.05) is 50.7 Å². The minimum Gasteiger partial charge on any atom is -0.370 e. The average molecular weight is 456 g/mol. The van der Waals surface area contributed by atoms with E-state index in [4.69, 9.17) is 0 Å². The SMILES string of the molecule is CCC(=O)CCCCCC(CNCCN1CCc2ccccc21)NC(=O)Cc1ccsc1. The molecule has 2 aromatic rings. The Kier molecular flexibility index (Phi) is 10.2. The predicted octanol–water partition coefficient (Wildman–Crippen LogP) is 4.36. The van der Waals surface area contributed by atoms with E-state index in [1.807, 2.05) is 23.8 Å². The van der Waals surface area contributed by atoms with Crippen LogP contribution in [0.25, 0.3) is 0 Å². The fourth-order valence-corrected chi connectivity index (χ4v) is 4.95. The van der Waals surface area contributed by atoms with Crippen LogP contribution >= 0.6 is 11.3 Å². The van der Waals surface area contributed by atoms with Crippen molar-refractivity contribution in [3.05, 3.63) is 52.2 Å². The third kappa shape index (κ3) is 8.06. The van der Waals surface area contributed by atoms with Gasteiger partial charge in [-0.15, -0.1) is 0 Å². The molecule has 2 N–H and O–H groups in total. The Labute approximate surface area is 196 Å². The summed E-state index contributed by atoms with van der Waals surface area (Å²) in [5.74, 6) is 0.431. The van der Waals surface area contributed by atoms with Crippen molar-refractivity contribution in [3.63, 3.8) is 0 Å². The minimum atomic E-state index is 0.0878. The molecule has 1 aliphatic heterocycles. The number of hydrogen-bond acceptors (Lipinski definition) is 5. The number of nitrogens with zero attached hydrogens (tertiary/aromatic N) is 1. The molecule has 1 aromatic heterocycles. The molecule has 0 saturated heterocycles. The molecule has 0 radical (unpaired) electrons. The van der Waals surface area contributed by atoms with Crippen LogP contribution in [0.1, 0.15) is 56.6 Å². The highest BCUT2D eigenvalue weighted by molar-refractivity contribution is 7.08. The van der Waals surface area contributed by atoms with E-state index < -0.39 is 0 Å². The zero-order chi connectivity index (χ0) is 22.6. The van der Waals surface area contributed by atoms with Crippen molar-refractivity contribution in [2.45, 2.75) is 64.3 Å². The zero-order valence-corrected chi connectivity index (χ0v) is 20.1. The summed E-state index contributed by atoms with van der Waals surface area (Å²) >= 11 is 1.62. The third-order valence-electron chi connectivity index (χ3n) is 6.15. The normalized spacial score (nSPS) is 13.7. The second kappa shape index (κ2) is 13.4. The molecule has 1 amide bonds. The highest BCUT2D eigenvalue weighted by Gasteiger charge is 2.18. The van der Waals surface area contributed by atoms with Crippen molar-refractivity contribution in [1.29, 1.82) is 0 Å². The predicted molar refractivity (Wildman–Crippen MR) is 134 cm³/mol. The summed E-state index contributed by atoms with van der Waals surface area (Å²) in [7, 11) is 0. The number of hydrogen-bond donors (Lipinski definition) is 2. The van der Waals surface area contributed by atoms with Gasteiger partial charge in [-0.25, -0.2) is 0 Å². The molecule has 1 aliphatic rings. The fraction of sp³-hybridized carbons (Fsp3) is 0.538. The molecule has 6 heteroatoms. The lowest BCUT2D eigenvalue weighted by atomic mass is 10.0. The maximum absolute atomic E-state index is 12.5. The number of Topliss-reactive ketones (excluding diaryl/α,β-unsaturated/α-hetero) is 1. The number of ketones is 1. The van der Waals surface area contributed by atoms with E-state index in [0.717, 1.165) is 63.8 Å². The number of thiophene rings is 1. The van der Waals surface area contributed by atoms with E-state index in [1.54, 1.807) is 11.3 Å². The molecule has 3 rings (SSSR count). The van der Waals surface area contributed by atoms with Gasteiger partial charge in [0.25, 0.3) is 0 Å². The average Bonchev–Trinajstić information content (AvgIpc) is 3.46. The molecule has 0 spiro atoms. The molecule has 2 heterocycles. The number of amides is 1. The lowest BCUT2D eigenvalue weighted by Crippen LogP contribution is -2.44. The van der Waals surface area contributed by atoms with E-state index >= 15 is 0 Å². The fourth-order valence-electron chi connectivity index (χ4n) is 4.28. The quantitative estimate of drug-likeness (QED) is 0.392. The molecule has 1 aromatic carbocycles. The second-order valence-corrected chi connectivity index (χ2v) is 9.41. The molecule has 174 valence electrons. The van der Waals surface area contributed by atoms with Crippen LogP contribution in [0.15, 0.2) is 41.1 Å². The molecular formula is C26H37N3O2S. The smallest absolute Gasteiger partial charge is 0.224 e. The van der Waals surface area contributed by atoms with Crippen molar-refractivity contribution in [1.82, 2.24) is 10.6 Å². The first kappa shape index (κ1) is 24.5. The summed E-state index contributed by atoms with van der Waals surface area (Å²) in [6, 6.07) is 10.8. The Morgan fingerprint density at radius 2 is 2.03 bits per heavy atom. The van der Waals surface area contributed by atoms with Crippen molar-refractivity contribution >= 4 is 28.7 Å². The highest BCUT2D eigenvalue weighted by Crippen LogP contribution is 2.26. The number of rotatable bonds is 15. The summed E-state index contributed by atoms with van der Waals surface area (Å²) in [5.41, 5.74) is 3.87. The number of unbranched alkanes of at least 4 members (excludes halogenated alkanes) is 2. The van der Waals surface area contributed by atoms with Crippen molar-refractivity contribution in [2.24, 2.45) is 0 Å². The number of carbonyl (C=O) groups is 2. The standard InChI is InChI=1S/C26H37N3O2S/c1-2-24(30)10-5-3-4-9-23(28-26(31)18-21-13-17-32-20-21)19-27-14-16-29-15-12-22-8-6-7-11-25(22)29/h6-8,11,13,17,20,23,27H,2-5,9-10,12,14-16,18-19H2,1H3,(H,28,31). The van der Waals surface area contributed by atoms with Gasteiger partial charge in [0.05, 0.1) is 6.42 Å². The third-order valence-corrected chi connectivity index (χ3v) is 6.88. The molecule has 0 saturated carbocycles. The molecule has 32 heavy (non-hydrogen) atoms. The van der Waals surface area contributed by atoms with E-state index in [0.29, 0.717) is 25.0 Å². The van der Waals surface area contributed by atoms with Crippen LogP contribution in [-0.2, 0) is 22.4 Å². The first-order valence-electron chi connectivity index (χ1n) is 12.0. The Hall–Kier alpha value is -2.18. The number of anilines is 1. The lowest BCUT2D eigenvalue weighted by molar-refractivity contribution is -0.121. The van der Waals surface area contributed by atoms with Gasteiger partial charge in [-0.3, -0.25) is 9.59 Å². The minimum absolute atomic E-state index is 0.0878. The molecule has 1 unspecified atom stereocenters. The summed E-state index contributed by atoms with van der Waals surface area (Å²) in [6.07, 6.45) is 6.83. The van der Waals surface area contributed by atoms with Crippen LogP contribution in [0.2, 0.25) is 0 Å². The van der Waals surface area contributed by atoms with E-state index in [1.165, 1.54) is 11.3 Å². The molecule has 5 nitrogen and oxygen atoms in total. The van der Waals surface area contributed by atoms with Gasteiger partial charge in [-0.2, -0.15) is 11.3 Å². The first-order chi connectivity index (χ1) is 15.7. The number of para-hydroxylation sites is 1. The van der Waals surface area contributed by atoms with E-state index in [2.05, 4.69) is 39.8 Å². The highest BCUT2D eigenvalue weighted by atomic mass is 32.1. The van der Waals surface area contributed by atoms with Crippen molar-refractivity contribution < 1.29 is 9.59 Å². The summed E-state index contributed by atoms with van der Waals surface area (Å²) in [4.78, 5) is 26.5. The van der Waals surface area contributed by atoms with E-state index in [9.17, 15) is 9.59 Å². The second-order valence-electron chi connectivity index (χ2n) is 8.63. The number of nitrogens with one attached hydrogen (secondary N) is 2. The van der Waals surface area contributed by atoms with E-state index in [-0.39, 0.29) is 11.9 Å². The Morgan fingerprint density at radius 3 is 2.84 bits per heavy atom. The number of benzene rings is 1. The summed E-state index contributed by atoms with van der Waals surface area (Å²) in [6.45, 7) is 5.66. The number of carbonyl (C=O) groups excluding carboxylic acids is 2. The molecular weight excluding hydrogens is 418 g/mol. The lowest BCUT2D eigenvalue weighted by Gasteiger charge is -2.22. The Morgan fingerprint density at radius 1 is 1.16 bits per heavy atom. The molecule has 0 fully saturated rings. The van der Waals surface area contributed by atoms with Crippen LogP contribution in [-0.4, -0.2) is 43.9 Å². The van der Waals surface area contributed by atoms with Crippen LogP contribution < -0.4 is 15.5 Å². The monoisotopic (exact) mass is 455 g/mol. The van der Waals surface area contributed by atoms with Gasteiger partial charge in [-0.1, -0.05) is 38.0 Å². The van der Waals surface area contributed by atoms with Crippen molar-refractivity contribution in [3.8, 4) is 0 Å². The number of fused-ring (bicyclic) bond motifs is 1. The molecule has 1 atom stereocenters. The van der Waals surface area contributed by atoms with Gasteiger partial charge >= 0.3 is 0 Å².